The highest BCUT2D eigenvalue weighted by Crippen LogP contribution is 2.05. The Bertz CT molecular complexity index is 144. The molecule has 1 unspecified atom stereocenters. The monoisotopic (exact) mass is 186 g/mol. The van der Waals surface area contributed by atoms with Crippen molar-refractivity contribution in [2.24, 2.45) is 11.7 Å². The number of carbonyl (C=O) groups is 1. The minimum absolute atomic E-state index is 0.207. The van der Waals surface area contributed by atoms with E-state index in [4.69, 9.17) is 5.73 Å². The number of nitrogens with two attached hydrogens (primary N) is 1. The van der Waals surface area contributed by atoms with Gasteiger partial charge in [-0.1, -0.05) is 26.7 Å². The van der Waals surface area contributed by atoms with Gasteiger partial charge in [0.15, 0.2) is 0 Å². The SMILES string of the molecule is CCC(CC)CNC(C)CC(N)=O. The molecule has 0 aromatic carbocycles. The van der Waals surface area contributed by atoms with Gasteiger partial charge in [0, 0.05) is 12.5 Å². The Hall–Kier alpha value is -0.570. The highest BCUT2D eigenvalue weighted by molar-refractivity contribution is 5.74. The van der Waals surface area contributed by atoms with Crippen LogP contribution in [0.2, 0.25) is 0 Å². The van der Waals surface area contributed by atoms with Crippen molar-refractivity contribution in [2.45, 2.75) is 46.1 Å². The van der Waals surface area contributed by atoms with E-state index in [1.807, 2.05) is 6.92 Å². The molecule has 0 heterocycles. The second-order valence-corrected chi connectivity index (χ2v) is 3.66. The molecule has 0 aliphatic carbocycles. The Morgan fingerprint density at radius 3 is 2.31 bits per heavy atom. The van der Waals surface area contributed by atoms with E-state index in [-0.39, 0.29) is 11.9 Å². The Balaban J connectivity index is 3.55. The lowest BCUT2D eigenvalue weighted by Crippen LogP contribution is -2.34. The molecular weight excluding hydrogens is 164 g/mol. The van der Waals surface area contributed by atoms with Crippen molar-refractivity contribution in [3.63, 3.8) is 0 Å². The van der Waals surface area contributed by atoms with E-state index in [9.17, 15) is 4.79 Å². The summed E-state index contributed by atoms with van der Waals surface area (Å²) in [6.07, 6.45) is 2.81. The first kappa shape index (κ1) is 12.4. The molecule has 0 bridgehead atoms. The molecule has 13 heavy (non-hydrogen) atoms. The van der Waals surface area contributed by atoms with Gasteiger partial charge in [0.25, 0.3) is 0 Å². The molecule has 0 radical (unpaired) electrons. The molecule has 3 heteroatoms. The van der Waals surface area contributed by atoms with Gasteiger partial charge in [-0.15, -0.1) is 0 Å². The summed E-state index contributed by atoms with van der Waals surface area (Å²) in [5, 5.41) is 3.32. The summed E-state index contributed by atoms with van der Waals surface area (Å²) in [7, 11) is 0. The topological polar surface area (TPSA) is 55.1 Å². The zero-order chi connectivity index (χ0) is 10.3. The van der Waals surface area contributed by atoms with Crippen LogP contribution in [-0.4, -0.2) is 18.5 Å². The predicted octanol–water partition coefficient (Wildman–Crippen LogP) is 1.28. The fourth-order valence-corrected chi connectivity index (χ4v) is 1.32. The van der Waals surface area contributed by atoms with Gasteiger partial charge in [-0.3, -0.25) is 4.79 Å². The molecular formula is C10H22N2O. The van der Waals surface area contributed by atoms with Gasteiger partial charge >= 0.3 is 0 Å². The number of hydrogen-bond donors (Lipinski definition) is 2. The van der Waals surface area contributed by atoms with E-state index in [1.165, 1.54) is 12.8 Å². The van der Waals surface area contributed by atoms with Gasteiger partial charge in [0.1, 0.15) is 0 Å². The predicted molar refractivity (Wildman–Crippen MR) is 55.3 cm³/mol. The van der Waals surface area contributed by atoms with Gasteiger partial charge in [0.2, 0.25) is 5.91 Å². The molecule has 0 aliphatic heterocycles. The maximum absolute atomic E-state index is 10.6. The maximum atomic E-state index is 10.6. The van der Waals surface area contributed by atoms with Crippen molar-refractivity contribution >= 4 is 5.91 Å². The van der Waals surface area contributed by atoms with Crippen LogP contribution in [0.15, 0.2) is 0 Å². The minimum Gasteiger partial charge on any atom is -0.370 e. The third kappa shape index (κ3) is 6.58. The van der Waals surface area contributed by atoms with Crippen LogP contribution in [0.25, 0.3) is 0 Å². The fraction of sp³-hybridized carbons (Fsp3) is 0.900. The van der Waals surface area contributed by atoms with Crippen molar-refractivity contribution in [3.8, 4) is 0 Å². The molecule has 3 N–H and O–H groups in total. The molecule has 0 fully saturated rings. The van der Waals surface area contributed by atoms with Gasteiger partial charge in [0.05, 0.1) is 0 Å². The molecule has 0 aromatic rings. The summed E-state index contributed by atoms with van der Waals surface area (Å²) in [4.78, 5) is 10.6. The van der Waals surface area contributed by atoms with Gasteiger partial charge < -0.3 is 11.1 Å². The molecule has 1 amide bonds. The lowest BCUT2D eigenvalue weighted by Gasteiger charge is -2.17. The highest BCUT2D eigenvalue weighted by Gasteiger charge is 2.08. The summed E-state index contributed by atoms with van der Waals surface area (Å²) in [5.41, 5.74) is 5.09. The lowest BCUT2D eigenvalue weighted by molar-refractivity contribution is -0.118. The first-order valence-electron chi connectivity index (χ1n) is 5.11. The quantitative estimate of drug-likeness (QED) is 0.629. The molecule has 0 aromatic heterocycles. The van der Waals surface area contributed by atoms with Crippen LogP contribution in [0.1, 0.15) is 40.0 Å². The van der Waals surface area contributed by atoms with Crippen molar-refractivity contribution in [1.82, 2.24) is 5.32 Å². The Kier molecular flexibility index (Phi) is 6.59. The van der Waals surface area contributed by atoms with E-state index in [2.05, 4.69) is 19.2 Å². The average molecular weight is 186 g/mol. The standard InChI is InChI=1S/C10H22N2O/c1-4-9(5-2)7-12-8(3)6-10(11)13/h8-9,12H,4-7H2,1-3H3,(H2,11,13). The first-order chi connectivity index (χ1) is 6.10. The number of carbonyl (C=O) groups excluding carboxylic acids is 1. The Morgan fingerprint density at radius 1 is 1.38 bits per heavy atom. The summed E-state index contributed by atoms with van der Waals surface area (Å²) >= 11 is 0. The van der Waals surface area contributed by atoms with E-state index in [0.29, 0.717) is 6.42 Å². The largest absolute Gasteiger partial charge is 0.370 e. The summed E-state index contributed by atoms with van der Waals surface area (Å²) < 4.78 is 0. The van der Waals surface area contributed by atoms with E-state index in [0.717, 1.165) is 12.5 Å². The van der Waals surface area contributed by atoms with Crippen molar-refractivity contribution in [1.29, 1.82) is 0 Å². The average Bonchev–Trinajstić information content (AvgIpc) is 2.05. The third-order valence-electron chi connectivity index (χ3n) is 2.42. The fourth-order valence-electron chi connectivity index (χ4n) is 1.32. The van der Waals surface area contributed by atoms with Crippen molar-refractivity contribution in [2.75, 3.05) is 6.54 Å². The smallest absolute Gasteiger partial charge is 0.218 e. The number of amides is 1. The van der Waals surface area contributed by atoms with Crippen LogP contribution < -0.4 is 11.1 Å². The van der Waals surface area contributed by atoms with Crippen LogP contribution in [0.4, 0.5) is 0 Å². The molecule has 0 rings (SSSR count). The van der Waals surface area contributed by atoms with Crippen LogP contribution in [-0.2, 0) is 4.79 Å². The van der Waals surface area contributed by atoms with Crippen LogP contribution >= 0.6 is 0 Å². The number of hydrogen-bond acceptors (Lipinski definition) is 2. The zero-order valence-corrected chi connectivity index (χ0v) is 8.97. The summed E-state index contributed by atoms with van der Waals surface area (Å²) in [6.45, 7) is 7.36. The number of rotatable bonds is 7. The Morgan fingerprint density at radius 2 is 1.92 bits per heavy atom. The second-order valence-electron chi connectivity index (χ2n) is 3.66. The normalized spacial score (nSPS) is 13.2. The molecule has 0 saturated heterocycles. The van der Waals surface area contributed by atoms with Gasteiger partial charge in [-0.2, -0.15) is 0 Å². The molecule has 0 aliphatic rings. The second kappa shape index (κ2) is 6.89. The summed E-state index contributed by atoms with van der Waals surface area (Å²) in [5.74, 6) is 0.486. The number of nitrogens with one attached hydrogen (secondary N) is 1. The summed E-state index contributed by atoms with van der Waals surface area (Å²) in [6, 6.07) is 0.207. The van der Waals surface area contributed by atoms with E-state index < -0.39 is 0 Å². The van der Waals surface area contributed by atoms with Crippen molar-refractivity contribution in [3.05, 3.63) is 0 Å². The van der Waals surface area contributed by atoms with E-state index in [1.54, 1.807) is 0 Å². The Labute approximate surface area is 81.1 Å². The minimum atomic E-state index is -0.232. The van der Waals surface area contributed by atoms with Gasteiger partial charge in [-0.25, -0.2) is 0 Å². The molecule has 0 saturated carbocycles. The number of primary amides is 1. The third-order valence-corrected chi connectivity index (χ3v) is 2.42. The molecule has 3 nitrogen and oxygen atoms in total. The van der Waals surface area contributed by atoms with Crippen LogP contribution in [0.3, 0.4) is 0 Å². The van der Waals surface area contributed by atoms with Crippen LogP contribution in [0, 0.1) is 5.92 Å². The first-order valence-corrected chi connectivity index (χ1v) is 5.11. The maximum Gasteiger partial charge on any atom is 0.218 e. The van der Waals surface area contributed by atoms with Gasteiger partial charge in [-0.05, 0) is 19.4 Å². The molecule has 78 valence electrons. The zero-order valence-electron chi connectivity index (χ0n) is 8.97. The van der Waals surface area contributed by atoms with E-state index >= 15 is 0 Å². The molecule has 1 atom stereocenters. The van der Waals surface area contributed by atoms with Crippen LogP contribution in [0.5, 0.6) is 0 Å². The highest BCUT2D eigenvalue weighted by atomic mass is 16.1. The van der Waals surface area contributed by atoms with Crippen molar-refractivity contribution < 1.29 is 4.79 Å². The lowest BCUT2D eigenvalue weighted by atomic mass is 10.0. The molecule has 0 spiro atoms.